The second-order valence-electron chi connectivity index (χ2n) is 4.52. The summed E-state index contributed by atoms with van der Waals surface area (Å²) in [7, 11) is 0. The van der Waals surface area contributed by atoms with Crippen LogP contribution in [0.2, 0.25) is 0 Å². The predicted molar refractivity (Wildman–Crippen MR) is 67.7 cm³/mol. The highest BCUT2D eigenvalue weighted by Gasteiger charge is 2.36. The zero-order valence-electron chi connectivity index (χ0n) is 10.2. The summed E-state index contributed by atoms with van der Waals surface area (Å²) in [5.74, 6) is -1.97. The summed E-state index contributed by atoms with van der Waals surface area (Å²) in [6, 6.07) is 5.19. The fourth-order valence-electron chi connectivity index (χ4n) is 1.79. The average molecular weight is 263 g/mol. The van der Waals surface area contributed by atoms with E-state index in [1.54, 1.807) is 12.1 Å². The Morgan fingerprint density at radius 3 is 2.63 bits per heavy atom. The van der Waals surface area contributed by atoms with Gasteiger partial charge in [0.2, 0.25) is 5.91 Å². The molecule has 1 aromatic rings. The summed E-state index contributed by atoms with van der Waals surface area (Å²) < 4.78 is 13.3. The maximum Gasteiger partial charge on any atom is 0.326 e. The number of carbonyl (C=O) groups is 2. The lowest BCUT2D eigenvalue weighted by atomic mass is 10.1. The van der Waals surface area contributed by atoms with E-state index in [2.05, 4.69) is 5.32 Å². The molecule has 1 amide bonds. The molecular weight excluding hydrogens is 249 g/mol. The van der Waals surface area contributed by atoms with E-state index in [9.17, 15) is 14.0 Å². The van der Waals surface area contributed by atoms with Gasteiger partial charge < -0.3 is 10.4 Å². The second-order valence-corrected chi connectivity index (χ2v) is 4.52. The minimum atomic E-state index is -1.03. The number of hydrogen-bond donors (Lipinski definition) is 2. The highest BCUT2D eigenvalue weighted by molar-refractivity contribution is 5.94. The molecular formula is C14H14FNO3. The SMILES string of the molecule is O=C(C=Cc1ccccc1F)NC(C(=O)O)C1CC1. The molecule has 0 aliphatic heterocycles. The number of aliphatic carboxylic acids is 1. The molecule has 1 aliphatic rings. The first-order chi connectivity index (χ1) is 9.08. The van der Waals surface area contributed by atoms with Crippen LogP contribution in [0, 0.1) is 11.7 Å². The molecule has 1 unspecified atom stereocenters. The number of benzene rings is 1. The van der Waals surface area contributed by atoms with Crippen LogP contribution in [0.5, 0.6) is 0 Å². The first-order valence-electron chi connectivity index (χ1n) is 6.04. The van der Waals surface area contributed by atoms with E-state index in [1.165, 1.54) is 18.2 Å². The van der Waals surface area contributed by atoms with Crippen LogP contribution in [-0.4, -0.2) is 23.0 Å². The van der Waals surface area contributed by atoms with E-state index < -0.39 is 23.7 Å². The third kappa shape index (κ3) is 3.64. The summed E-state index contributed by atoms with van der Waals surface area (Å²) in [6.07, 6.45) is 4.11. The maximum atomic E-state index is 13.3. The minimum Gasteiger partial charge on any atom is -0.480 e. The molecule has 0 saturated heterocycles. The molecule has 4 nitrogen and oxygen atoms in total. The molecule has 0 aromatic heterocycles. The Labute approximate surface area is 109 Å². The van der Waals surface area contributed by atoms with Gasteiger partial charge in [0.25, 0.3) is 0 Å². The zero-order chi connectivity index (χ0) is 13.8. The Morgan fingerprint density at radius 1 is 1.37 bits per heavy atom. The maximum absolute atomic E-state index is 13.3. The van der Waals surface area contributed by atoms with E-state index in [4.69, 9.17) is 5.11 Å². The van der Waals surface area contributed by atoms with Crippen molar-refractivity contribution in [2.24, 2.45) is 5.92 Å². The van der Waals surface area contributed by atoms with Crippen molar-refractivity contribution in [2.75, 3.05) is 0 Å². The molecule has 0 radical (unpaired) electrons. The van der Waals surface area contributed by atoms with Crippen LogP contribution in [0.4, 0.5) is 4.39 Å². The van der Waals surface area contributed by atoms with E-state index in [-0.39, 0.29) is 11.5 Å². The van der Waals surface area contributed by atoms with Crippen molar-refractivity contribution in [3.05, 3.63) is 41.7 Å². The highest BCUT2D eigenvalue weighted by atomic mass is 19.1. The number of hydrogen-bond acceptors (Lipinski definition) is 2. The van der Waals surface area contributed by atoms with Crippen LogP contribution in [0.3, 0.4) is 0 Å². The summed E-state index contributed by atoms with van der Waals surface area (Å²) in [5.41, 5.74) is 0.288. The fraction of sp³-hybridized carbons (Fsp3) is 0.286. The van der Waals surface area contributed by atoms with Crippen molar-refractivity contribution in [3.63, 3.8) is 0 Å². The van der Waals surface area contributed by atoms with Crippen molar-refractivity contribution in [1.82, 2.24) is 5.32 Å². The van der Waals surface area contributed by atoms with Crippen molar-refractivity contribution in [3.8, 4) is 0 Å². The van der Waals surface area contributed by atoms with Crippen LogP contribution in [0.25, 0.3) is 6.08 Å². The molecule has 5 heteroatoms. The van der Waals surface area contributed by atoms with E-state index in [0.29, 0.717) is 0 Å². The van der Waals surface area contributed by atoms with Crippen molar-refractivity contribution in [2.45, 2.75) is 18.9 Å². The molecule has 2 rings (SSSR count). The van der Waals surface area contributed by atoms with Crippen LogP contribution in [0.15, 0.2) is 30.3 Å². The van der Waals surface area contributed by atoms with Crippen LogP contribution >= 0.6 is 0 Å². The third-order valence-corrected chi connectivity index (χ3v) is 2.98. The number of carboxylic acids is 1. The summed E-state index contributed by atoms with van der Waals surface area (Å²) in [6.45, 7) is 0. The van der Waals surface area contributed by atoms with Gasteiger partial charge in [-0.3, -0.25) is 4.79 Å². The lowest BCUT2D eigenvalue weighted by Gasteiger charge is -2.11. The molecule has 1 aromatic carbocycles. The van der Waals surface area contributed by atoms with Gasteiger partial charge in [-0.2, -0.15) is 0 Å². The molecule has 19 heavy (non-hydrogen) atoms. The number of carboxylic acid groups (broad SMARTS) is 1. The Kier molecular flexibility index (Phi) is 3.94. The number of carbonyl (C=O) groups excluding carboxylic acids is 1. The van der Waals surface area contributed by atoms with Crippen LogP contribution in [-0.2, 0) is 9.59 Å². The van der Waals surface area contributed by atoms with Gasteiger partial charge in [-0.25, -0.2) is 9.18 Å². The number of halogens is 1. The van der Waals surface area contributed by atoms with E-state index in [0.717, 1.165) is 18.9 Å². The number of nitrogens with one attached hydrogen (secondary N) is 1. The van der Waals surface area contributed by atoms with Crippen molar-refractivity contribution >= 4 is 18.0 Å². The molecule has 1 saturated carbocycles. The molecule has 1 aliphatic carbocycles. The van der Waals surface area contributed by atoms with Gasteiger partial charge in [0.1, 0.15) is 11.9 Å². The Hall–Kier alpha value is -2.17. The molecule has 1 atom stereocenters. The summed E-state index contributed by atoms with van der Waals surface area (Å²) >= 11 is 0. The van der Waals surface area contributed by atoms with Crippen molar-refractivity contribution < 1.29 is 19.1 Å². The van der Waals surface area contributed by atoms with E-state index >= 15 is 0 Å². The predicted octanol–water partition coefficient (Wildman–Crippen LogP) is 1.82. The molecule has 0 spiro atoms. The van der Waals surface area contributed by atoms with Gasteiger partial charge in [0, 0.05) is 11.6 Å². The Balaban J connectivity index is 1.97. The Morgan fingerprint density at radius 2 is 2.05 bits per heavy atom. The largest absolute Gasteiger partial charge is 0.480 e. The minimum absolute atomic E-state index is 0.0170. The lowest BCUT2D eigenvalue weighted by molar-refractivity contribution is -0.141. The zero-order valence-corrected chi connectivity index (χ0v) is 10.2. The van der Waals surface area contributed by atoms with Gasteiger partial charge in [0.15, 0.2) is 0 Å². The van der Waals surface area contributed by atoms with Crippen molar-refractivity contribution in [1.29, 1.82) is 0 Å². The monoisotopic (exact) mass is 263 g/mol. The first-order valence-corrected chi connectivity index (χ1v) is 6.04. The fourth-order valence-corrected chi connectivity index (χ4v) is 1.79. The van der Waals surface area contributed by atoms with Gasteiger partial charge in [-0.15, -0.1) is 0 Å². The summed E-state index contributed by atoms with van der Waals surface area (Å²) in [4.78, 5) is 22.5. The van der Waals surface area contributed by atoms with Gasteiger partial charge >= 0.3 is 5.97 Å². The lowest BCUT2D eigenvalue weighted by Crippen LogP contribution is -2.41. The number of rotatable bonds is 5. The Bertz CT molecular complexity index is 523. The van der Waals surface area contributed by atoms with Gasteiger partial charge in [-0.05, 0) is 30.9 Å². The standard InChI is InChI=1S/C14H14FNO3/c15-11-4-2-1-3-9(11)7-8-12(17)16-13(14(18)19)10-5-6-10/h1-4,7-8,10,13H,5-6H2,(H,16,17)(H,18,19). The van der Waals surface area contributed by atoms with E-state index in [1.807, 2.05) is 0 Å². The highest BCUT2D eigenvalue weighted by Crippen LogP contribution is 2.32. The molecule has 1 fully saturated rings. The molecule has 0 bridgehead atoms. The molecule has 100 valence electrons. The third-order valence-electron chi connectivity index (χ3n) is 2.98. The quantitative estimate of drug-likeness (QED) is 0.796. The molecule has 0 heterocycles. The van der Waals surface area contributed by atoms with Gasteiger partial charge in [-0.1, -0.05) is 18.2 Å². The van der Waals surface area contributed by atoms with Gasteiger partial charge in [0.05, 0.1) is 0 Å². The summed E-state index contributed by atoms with van der Waals surface area (Å²) in [5, 5.41) is 11.4. The van der Waals surface area contributed by atoms with Crippen LogP contribution in [0.1, 0.15) is 18.4 Å². The second kappa shape index (κ2) is 5.65. The van der Waals surface area contributed by atoms with Crippen LogP contribution < -0.4 is 5.32 Å². The topological polar surface area (TPSA) is 66.4 Å². The number of amides is 1. The smallest absolute Gasteiger partial charge is 0.326 e. The normalized spacial score (nSPS) is 16.3. The first kappa shape index (κ1) is 13.3. The molecule has 2 N–H and O–H groups in total. The average Bonchev–Trinajstić information content (AvgIpc) is 3.19.